The monoisotopic (exact) mass is 245 g/mol. The Morgan fingerprint density at radius 3 is 2.41 bits per heavy atom. The Morgan fingerprint density at radius 1 is 1.35 bits per heavy atom. The number of aliphatic carboxylic acids is 1. The Labute approximate surface area is 94.8 Å². The minimum absolute atomic E-state index is 0.327. The number of ether oxygens (including phenoxy) is 1. The molecule has 3 N–H and O–H groups in total. The molecule has 92 valence electrons. The third-order valence-electron chi connectivity index (χ3n) is 1.94. The zero-order chi connectivity index (χ0) is 13.2. The van der Waals surface area contributed by atoms with E-state index >= 15 is 0 Å². The van der Waals surface area contributed by atoms with Gasteiger partial charge in [0.2, 0.25) is 0 Å². The van der Waals surface area contributed by atoms with Crippen molar-refractivity contribution in [2.24, 2.45) is 0 Å². The number of benzene rings is 1. The fourth-order valence-corrected chi connectivity index (χ4v) is 1.01. The molecule has 1 aromatic carbocycles. The van der Waals surface area contributed by atoms with E-state index in [0.717, 1.165) is 6.92 Å². The Bertz CT molecular complexity index is 476. The summed E-state index contributed by atoms with van der Waals surface area (Å²) in [4.78, 5) is 21.8. The lowest BCUT2D eigenvalue weighted by molar-refractivity contribution is -0.146. The highest BCUT2D eigenvalue weighted by atomic mass is 19.2. The summed E-state index contributed by atoms with van der Waals surface area (Å²) >= 11 is 0. The Kier molecular flexibility index (Phi) is 3.62. The zero-order valence-electron chi connectivity index (χ0n) is 8.74. The lowest BCUT2D eigenvalue weighted by atomic mass is 10.1. The number of nitrogens with two attached hydrogens (primary N) is 1. The Balaban J connectivity index is 2.97. The molecule has 17 heavy (non-hydrogen) atoms. The van der Waals surface area contributed by atoms with Crippen molar-refractivity contribution in [2.45, 2.75) is 13.0 Å². The molecule has 0 aromatic heterocycles. The van der Waals surface area contributed by atoms with Crippen LogP contribution in [0.25, 0.3) is 0 Å². The van der Waals surface area contributed by atoms with E-state index in [-0.39, 0.29) is 5.69 Å². The molecule has 5 nitrogen and oxygen atoms in total. The molecule has 1 atom stereocenters. The van der Waals surface area contributed by atoms with Crippen molar-refractivity contribution in [1.29, 1.82) is 0 Å². The predicted octanol–water partition coefficient (Wildman–Crippen LogP) is 1.18. The maximum absolute atomic E-state index is 12.9. The van der Waals surface area contributed by atoms with Crippen LogP contribution in [-0.2, 0) is 9.53 Å². The van der Waals surface area contributed by atoms with Gasteiger partial charge in [-0.2, -0.15) is 0 Å². The molecule has 1 rings (SSSR count). The van der Waals surface area contributed by atoms with Crippen molar-refractivity contribution in [3.8, 4) is 0 Å². The van der Waals surface area contributed by atoms with E-state index in [4.69, 9.17) is 10.8 Å². The summed E-state index contributed by atoms with van der Waals surface area (Å²) in [5.74, 6) is -4.96. The molecule has 0 saturated heterocycles. The summed E-state index contributed by atoms with van der Waals surface area (Å²) < 4.78 is 30.0. The predicted molar refractivity (Wildman–Crippen MR) is 53.3 cm³/mol. The molecule has 1 unspecified atom stereocenters. The molecule has 0 heterocycles. The van der Waals surface area contributed by atoms with Crippen LogP contribution in [0.1, 0.15) is 17.3 Å². The van der Waals surface area contributed by atoms with Gasteiger partial charge in [0.15, 0.2) is 17.7 Å². The fourth-order valence-electron chi connectivity index (χ4n) is 1.01. The number of nitrogen functional groups attached to an aromatic ring is 1. The van der Waals surface area contributed by atoms with Crippen molar-refractivity contribution in [3.05, 3.63) is 29.3 Å². The molecule has 0 bridgehead atoms. The van der Waals surface area contributed by atoms with Gasteiger partial charge in [0, 0.05) is 11.8 Å². The van der Waals surface area contributed by atoms with Crippen molar-refractivity contribution in [2.75, 3.05) is 5.73 Å². The van der Waals surface area contributed by atoms with Gasteiger partial charge >= 0.3 is 11.9 Å². The molecule has 0 saturated carbocycles. The second-order valence-electron chi connectivity index (χ2n) is 3.24. The van der Waals surface area contributed by atoms with Crippen LogP contribution in [0, 0.1) is 11.6 Å². The van der Waals surface area contributed by atoms with Gasteiger partial charge in [-0.25, -0.2) is 18.4 Å². The Morgan fingerprint density at radius 2 is 1.88 bits per heavy atom. The van der Waals surface area contributed by atoms with E-state index in [0.29, 0.717) is 12.1 Å². The van der Waals surface area contributed by atoms with Crippen LogP contribution in [0.5, 0.6) is 0 Å². The van der Waals surface area contributed by atoms with Crippen LogP contribution in [0.3, 0.4) is 0 Å². The second kappa shape index (κ2) is 4.77. The number of hydrogen-bond acceptors (Lipinski definition) is 4. The smallest absolute Gasteiger partial charge is 0.344 e. The van der Waals surface area contributed by atoms with Gasteiger partial charge < -0.3 is 15.6 Å². The average Bonchev–Trinajstić information content (AvgIpc) is 2.22. The maximum atomic E-state index is 12.9. The number of halogens is 2. The van der Waals surface area contributed by atoms with Crippen molar-refractivity contribution in [3.63, 3.8) is 0 Å². The van der Waals surface area contributed by atoms with Gasteiger partial charge in [-0.05, 0) is 13.0 Å². The van der Waals surface area contributed by atoms with Gasteiger partial charge in [-0.3, -0.25) is 0 Å². The van der Waals surface area contributed by atoms with Crippen LogP contribution in [0.4, 0.5) is 14.5 Å². The topological polar surface area (TPSA) is 89.6 Å². The van der Waals surface area contributed by atoms with Crippen molar-refractivity contribution < 1.29 is 28.2 Å². The minimum Gasteiger partial charge on any atom is -0.479 e. The quantitative estimate of drug-likeness (QED) is 0.616. The van der Waals surface area contributed by atoms with Crippen LogP contribution < -0.4 is 5.73 Å². The lowest BCUT2D eigenvalue weighted by Crippen LogP contribution is -2.24. The van der Waals surface area contributed by atoms with Crippen molar-refractivity contribution in [1.82, 2.24) is 0 Å². The lowest BCUT2D eigenvalue weighted by Gasteiger charge is -2.10. The van der Waals surface area contributed by atoms with Crippen LogP contribution in [0.2, 0.25) is 0 Å². The molecule has 7 heteroatoms. The normalized spacial score (nSPS) is 11.9. The number of anilines is 1. The van der Waals surface area contributed by atoms with Gasteiger partial charge in [0.1, 0.15) is 0 Å². The zero-order valence-corrected chi connectivity index (χ0v) is 8.74. The maximum Gasteiger partial charge on any atom is 0.344 e. The van der Waals surface area contributed by atoms with Crippen LogP contribution in [-0.4, -0.2) is 23.1 Å². The molecular formula is C10H9F2NO4. The van der Waals surface area contributed by atoms with E-state index in [2.05, 4.69) is 4.74 Å². The molecule has 0 spiro atoms. The summed E-state index contributed by atoms with van der Waals surface area (Å²) in [5.41, 5.74) is 4.54. The Hall–Kier alpha value is -2.18. The highest BCUT2D eigenvalue weighted by molar-refractivity contribution is 5.96. The number of rotatable bonds is 3. The first-order chi connectivity index (χ1) is 7.82. The first kappa shape index (κ1) is 12.9. The molecule has 0 radical (unpaired) electrons. The summed E-state index contributed by atoms with van der Waals surface area (Å²) in [5, 5.41) is 8.50. The first-order valence-corrected chi connectivity index (χ1v) is 4.51. The number of carbonyl (C=O) groups is 2. The van der Waals surface area contributed by atoms with Gasteiger partial charge in [-0.1, -0.05) is 0 Å². The van der Waals surface area contributed by atoms with Gasteiger partial charge in [0.05, 0.1) is 5.56 Å². The third-order valence-corrected chi connectivity index (χ3v) is 1.94. The van der Waals surface area contributed by atoms with Gasteiger partial charge in [-0.15, -0.1) is 0 Å². The van der Waals surface area contributed by atoms with Crippen LogP contribution >= 0.6 is 0 Å². The summed E-state index contributed by atoms with van der Waals surface area (Å²) in [7, 11) is 0. The van der Waals surface area contributed by atoms with E-state index in [9.17, 15) is 18.4 Å². The highest BCUT2D eigenvalue weighted by Gasteiger charge is 2.21. The van der Waals surface area contributed by atoms with E-state index < -0.39 is 35.2 Å². The number of carboxylic acid groups (broad SMARTS) is 1. The first-order valence-electron chi connectivity index (χ1n) is 4.51. The van der Waals surface area contributed by atoms with E-state index in [1.807, 2.05) is 0 Å². The van der Waals surface area contributed by atoms with Gasteiger partial charge in [0.25, 0.3) is 0 Å². The highest BCUT2D eigenvalue weighted by Crippen LogP contribution is 2.18. The van der Waals surface area contributed by atoms with E-state index in [1.54, 1.807) is 0 Å². The minimum atomic E-state index is -1.41. The molecule has 0 aliphatic carbocycles. The molecule has 0 aliphatic heterocycles. The molecule has 0 aliphatic rings. The third kappa shape index (κ3) is 2.90. The molecule has 0 amide bonds. The number of carbonyl (C=O) groups excluding carboxylic acids is 1. The number of carboxylic acids is 1. The average molecular weight is 245 g/mol. The SMILES string of the molecule is CC(OC(=O)c1cc(F)c(F)cc1N)C(=O)O. The fraction of sp³-hybridized carbons (Fsp3) is 0.200. The molecular weight excluding hydrogens is 236 g/mol. The van der Waals surface area contributed by atoms with Crippen molar-refractivity contribution >= 4 is 17.6 Å². The summed E-state index contributed by atoms with van der Waals surface area (Å²) in [6, 6.07) is 1.18. The molecule has 1 aromatic rings. The second-order valence-corrected chi connectivity index (χ2v) is 3.24. The molecule has 0 fully saturated rings. The van der Waals surface area contributed by atoms with E-state index in [1.165, 1.54) is 0 Å². The summed E-state index contributed by atoms with van der Waals surface area (Å²) in [6.07, 6.45) is -1.41. The largest absolute Gasteiger partial charge is 0.479 e. The number of hydrogen-bond donors (Lipinski definition) is 2. The number of esters is 1. The standard InChI is InChI=1S/C10H9F2NO4/c1-4(9(14)15)17-10(16)5-2-6(11)7(12)3-8(5)13/h2-4H,13H2,1H3,(H,14,15). The summed E-state index contributed by atoms with van der Waals surface area (Å²) in [6.45, 7) is 1.12. The van der Waals surface area contributed by atoms with Crippen LogP contribution in [0.15, 0.2) is 12.1 Å².